The minimum atomic E-state index is 0.189. The van der Waals surface area contributed by atoms with E-state index in [0.29, 0.717) is 36.3 Å². The van der Waals surface area contributed by atoms with E-state index in [4.69, 9.17) is 26.2 Å². The molecule has 0 saturated carbocycles. The van der Waals surface area contributed by atoms with Gasteiger partial charge >= 0.3 is 0 Å². The summed E-state index contributed by atoms with van der Waals surface area (Å²) >= 11 is 6.14. The van der Waals surface area contributed by atoms with Crippen LogP contribution in [0.1, 0.15) is 12.5 Å². The summed E-state index contributed by atoms with van der Waals surface area (Å²) in [6, 6.07) is 3.82. The van der Waals surface area contributed by atoms with E-state index < -0.39 is 0 Å². The number of aliphatic hydroxyl groups is 1. The van der Waals surface area contributed by atoms with E-state index >= 15 is 0 Å². The molecule has 2 rings (SSSR count). The SMILES string of the molecule is C[C@H](CO)CNCc1cc(Cl)c2c(c1)OCCO2. The van der Waals surface area contributed by atoms with Crippen LogP contribution < -0.4 is 14.8 Å². The van der Waals surface area contributed by atoms with Gasteiger partial charge in [-0.1, -0.05) is 18.5 Å². The van der Waals surface area contributed by atoms with E-state index in [1.54, 1.807) is 0 Å². The van der Waals surface area contributed by atoms with Gasteiger partial charge in [0.15, 0.2) is 11.5 Å². The van der Waals surface area contributed by atoms with Gasteiger partial charge in [-0.05, 0) is 23.6 Å². The molecule has 1 atom stereocenters. The first kappa shape index (κ1) is 13.5. The van der Waals surface area contributed by atoms with Crippen LogP contribution in [0.4, 0.5) is 0 Å². The minimum absolute atomic E-state index is 0.189. The van der Waals surface area contributed by atoms with Crippen molar-refractivity contribution in [3.05, 3.63) is 22.7 Å². The third-order valence-electron chi connectivity index (χ3n) is 2.79. The number of benzene rings is 1. The van der Waals surface area contributed by atoms with Crippen molar-refractivity contribution in [2.45, 2.75) is 13.5 Å². The molecule has 0 aromatic heterocycles. The maximum absolute atomic E-state index is 8.94. The number of halogens is 1. The van der Waals surface area contributed by atoms with Crippen LogP contribution >= 0.6 is 11.6 Å². The Hall–Kier alpha value is -0.970. The lowest BCUT2D eigenvalue weighted by Crippen LogP contribution is -2.23. The fourth-order valence-corrected chi connectivity index (χ4v) is 2.08. The zero-order valence-corrected chi connectivity index (χ0v) is 11.2. The van der Waals surface area contributed by atoms with Crippen LogP contribution in [-0.2, 0) is 6.54 Å². The molecular formula is C13H18ClNO3. The van der Waals surface area contributed by atoms with Gasteiger partial charge in [0.1, 0.15) is 13.2 Å². The summed E-state index contributed by atoms with van der Waals surface area (Å²) in [5.74, 6) is 1.59. The van der Waals surface area contributed by atoms with Gasteiger partial charge in [-0.2, -0.15) is 0 Å². The average Bonchev–Trinajstić information content (AvgIpc) is 2.38. The highest BCUT2D eigenvalue weighted by atomic mass is 35.5. The van der Waals surface area contributed by atoms with Gasteiger partial charge < -0.3 is 19.9 Å². The monoisotopic (exact) mass is 271 g/mol. The van der Waals surface area contributed by atoms with Crippen molar-refractivity contribution in [3.63, 3.8) is 0 Å². The van der Waals surface area contributed by atoms with Crippen molar-refractivity contribution in [1.29, 1.82) is 0 Å². The van der Waals surface area contributed by atoms with E-state index in [1.807, 2.05) is 19.1 Å². The number of ether oxygens (including phenoxy) is 2. The summed E-state index contributed by atoms with van der Waals surface area (Å²) in [5, 5.41) is 12.8. The Balaban J connectivity index is 1.99. The molecule has 1 aromatic rings. The lowest BCUT2D eigenvalue weighted by atomic mass is 10.1. The summed E-state index contributed by atoms with van der Waals surface area (Å²) in [5.41, 5.74) is 1.05. The molecule has 100 valence electrons. The summed E-state index contributed by atoms with van der Waals surface area (Å²) in [6.45, 7) is 4.74. The van der Waals surface area contributed by atoms with Gasteiger partial charge in [-0.3, -0.25) is 0 Å². The quantitative estimate of drug-likeness (QED) is 0.858. The second-order valence-electron chi connectivity index (χ2n) is 4.52. The largest absolute Gasteiger partial charge is 0.486 e. The number of nitrogens with one attached hydrogen (secondary N) is 1. The summed E-state index contributed by atoms with van der Waals surface area (Å²) in [6.07, 6.45) is 0. The zero-order valence-electron chi connectivity index (χ0n) is 10.4. The number of aliphatic hydroxyl groups excluding tert-OH is 1. The minimum Gasteiger partial charge on any atom is -0.486 e. The third kappa shape index (κ3) is 3.28. The Morgan fingerprint density at radius 3 is 2.94 bits per heavy atom. The molecule has 5 heteroatoms. The van der Waals surface area contributed by atoms with Crippen molar-refractivity contribution in [2.24, 2.45) is 5.92 Å². The van der Waals surface area contributed by atoms with Crippen molar-refractivity contribution in [3.8, 4) is 11.5 Å². The number of fused-ring (bicyclic) bond motifs is 1. The van der Waals surface area contributed by atoms with Crippen molar-refractivity contribution >= 4 is 11.6 Å². The molecule has 0 aliphatic carbocycles. The second kappa shape index (κ2) is 6.27. The van der Waals surface area contributed by atoms with Crippen LogP contribution in [0.25, 0.3) is 0 Å². The molecule has 1 aliphatic rings. The molecule has 1 aromatic carbocycles. The highest BCUT2D eigenvalue weighted by Crippen LogP contribution is 2.38. The molecule has 1 aliphatic heterocycles. The topological polar surface area (TPSA) is 50.7 Å². The lowest BCUT2D eigenvalue weighted by molar-refractivity contribution is 0.171. The van der Waals surface area contributed by atoms with Crippen molar-refractivity contribution in [1.82, 2.24) is 5.32 Å². The summed E-state index contributed by atoms with van der Waals surface area (Å²) in [7, 11) is 0. The van der Waals surface area contributed by atoms with E-state index in [-0.39, 0.29) is 12.5 Å². The molecule has 2 N–H and O–H groups in total. The maximum atomic E-state index is 8.94. The zero-order chi connectivity index (χ0) is 13.0. The Morgan fingerprint density at radius 1 is 1.39 bits per heavy atom. The molecule has 0 bridgehead atoms. The molecule has 18 heavy (non-hydrogen) atoms. The predicted molar refractivity (Wildman–Crippen MR) is 70.4 cm³/mol. The first-order chi connectivity index (χ1) is 8.70. The molecule has 4 nitrogen and oxygen atoms in total. The smallest absolute Gasteiger partial charge is 0.179 e. The van der Waals surface area contributed by atoms with Gasteiger partial charge in [0.05, 0.1) is 5.02 Å². The van der Waals surface area contributed by atoms with Gasteiger partial charge in [-0.25, -0.2) is 0 Å². The Kier molecular flexibility index (Phi) is 4.69. The highest BCUT2D eigenvalue weighted by Gasteiger charge is 2.16. The predicted octanol–water partition coefficient (Wildman–Crippen LogP) is 1.83. The lowest BCUT2D eigenvalue weighted by Gasteiger charge is -2.20. The first-order valence-electron chi connectivity index (χ1n) is 6.10. The van der Waals surface area contributed by atoms with E-state index in [1.165, 1.54) is 0 Å². The average molecular weight is 272 g/mol. The van der Waals surface area contributed by atoms with Gasteiger partial charge in [0, 0.05) is 19.7 Å². The molecule has 0 fully saturated rings. The van der Waals surface area contributed by atoms with E-state index in [9.17, 15) is 0 Å². The number of hydrogen-bond donors (Lipinski definition) is 2. The maximum Gasteiger partial charge on any atom is 0.179 e. The fourth-order valence-electron chi connectivity index (χ4n) is 1.79. The molecule has 0 radical (unpaired) electrons. The molecule has 0 amide bonds. The van der Waals surface area contributed by atoms with Crippen LogP contribution in [-0.4, -0.2) is 31.5 Å². The van der Waals surface area contributed by atoms with Crippen molar-refractivity contribution in [2.75, 3.05) is 26.4 Å². The van der Waals surface area contributed by atoms with E-state index in [0.717, 1.165) is 12.1 Å². The molecule has 0 saturated heterocycles. The highest BCUT2D eigenvalue weighted by molar-refractivity contribution is 6.32. The normalized spacial score (nSPS) is 15.5. The summed E-state index contributed by atoms with van der Waals surface area (Å²) in [4.78, 5) is 0. The van der Waals surface area contributed by atoms with Gasteiger partial charge in [0.25, 0.3) is 0 Å². The Bertz CT molecular complexity index is 411. The Morgan fingerprint density at radius 2 is 2.17 bits per heavy atom. The number of hydrogen-bond acceptors (Lipinski definition) is 4. The Labute approximate surface area is 112 Å². The molecule has 1 heterocycles. The first-order valence-corrected chi connectivity index (χ1v) is 6.48. The third-order valence-corrected chi connectivity index (χ3v) is 3.07. The van der Waals surface area contributed by atoms with Crippen LogP contribution in [0.5, 0.6) is 11.5 Å². The number of rotatable bonds is 5. The molecule has 0 unspecified atom stereocenters. The van der Waals surface area contributed by atoms with Crippen LogP contribution in [0, 0.1) is 5.92 Å². The summed E-state index contributed by atoms with van der Waals surface area (Å²) < 4.78 is 11.0. The fraction of sp³-hybridized carbons (Fsp3) is 0.538. The van der Waals surface area contributed by atoms with Crippen LogP contribution in [0.2, 0.25) is 5.02 Å². The van der Waals surface area contributed by atoms with Crippen LogP contribution in [0.3, 0.4) is 0 Å². The van der Waals surface area contributed by atoms with E-state index in [2.05, 4.69) is 5.32 Å². The molecule has 0 spiro atoms. The van der Waals surface area contributed by atoms with Crippen LogP contribution in [0.15, 0.2) is 12.1 Å². The van der Waals surface area contributed by atoms with Gasteiger partial charge in [0.2, 0.25) is 0 Å². The molecular weight excluding hydrogens is 254 g/mol. The van der Waals surface area contributed by atoms with Crippen molar-refractivity contribution < 1.29 is 14.6 Å². The second-order valence-corrected chi connectivity index (χ2v) is 4.93. The van der Waals surface area contributed by atoms with Gasteiger partial charge in [-0.15, -0.1) is 0 Å². The standard InChI is InChI=1S/C13H18ClNO3/c1-9(8-16)6-15-7-10-4-11(14)13-12(5-10)17-2-3-18-13/h4-5,9,15-16H,2-3,6-8H2,1H3/t9-/m0/s1.